The quantitative estimate of drug-likeness (QED) is 0.349. The molecule has 1 aliphatic carbocycles. The van der Waals surface area contributed by atoms with Crippen LogP contribution >= 0.6 is 0 Å². The van der Waals surface area contributed by atoms with E-state index in [2.05, 4.69) is 139 Å². The molecule has 0 heterocycles. The molecule has 0 spiro atoms. The smallest absolute Gasteiger partial charge is 0.0458 e. The second-order valence-electron chi connectivity index (χ2n) is 7.79. The molecular formula is C31H29N. The summed E-state index contributed by atoms with van der Waals surface area (Å²) < 4.78 is 0. The average molecular weight is 416 g/mol. The third-order valence-electron chi connectivity index (χ3n) is 5.48. The van der Waals surface area contributed by atoms with Gasteiger partial charge in [0.25, 0.3) is 0 Å². The van der Waals surface area contributed by atoms with Crippen molar-refractivity contribution in [3.63, 3.8) is 0 Å². The molecule has 0 bridgehead atoms. The number of hydrogen-bond donors (Lipinski definition) is 0. The maximum atomic E-state index is 2.37. The number of para-hydroxylation sites is 1. The molecule has 1 aliphatic rings. The molecule has 32 heavy (non-hydrogen) atoms. The fraction of sp³-hybridized carbons (Fsp3) is 0.0968. The van der Waals surface area contributed by atoms with Gasteiger partial charge in [-0.1, -0.05) is 103 Å². The Hall–Kier alpha value is -3.84. The second-order valence-corrected chi connectivity index (χ2v) is 7.79. The van der Waals surface area contributed by atoms with E-state index in [4.69, 9.17) is 0 Å². The molecule has 0 atom stereocenters. The first-order valence-corrected chi connectivity index (χ1v) is 11.2. The Bertz CT molecular complexity index is 1140. The molecule has 0 amide bonds. The van der Waals surface area contributed by atoms with E-state index in [0.29, 0.717) is 0 Å². The first kappa shape index (κ1) is 21.4. The summed E-state index contributed by atoms with van der Waals surface area (Å²) in [5.41, 5.74) is 7.47. The molecule has 0 fully saturated rings. The summed E-state index contributed by atoms with van der Waals surface area (Å²) in [6.45, 7) is 2.07. The fourth-order valence-electron chi connectivity index (χ4n) is 3.87. The highest BCUT2D eigenvalue weighted by Gasteiger charge is 2.16. The van der Waals surface area contributed by atoms with E-state index < -0.39 is 0 Å². The lowest BCUT2D eigenvalue weighted by atomic mass is 10.00. The number of anilines is 2. The normalized spacial score (nSPS) is 14.2. The summed E-state index contributed by atoms with van der Waals surface area (Å²) >= 11 is 0. The number of hydrogen-bond acceptors (Lipinski definition) is 1. The molecule has 0 radical (unpaired) electrons. The predicted molar refractivity (Wildman–Crippen MR) is 140 cm³/mol. The Morgan fingerprint density at radius 2 is 1.19 bits per heavy atom. The predicted octanol–water partition coefficient (Wildman–Crippen LogP) is 8.73. The molecule has 0 saturated heterocycles. The van der Waals surface area contributed by atoms with Crippen LogP contribution in [-0.2, 0) is 0 Å². The maximum absolute atomic E-state index is 2.37. The fourth-order valence-corrected chi connectivity index (χ4v) is 3.87. The van der Waals surface area contributed by atoms with Crippen LogP contribution in [0, 0.1) is 0 Å². The summed E-state index contributed by atoms with van der Waals surface area (Å²) in [4.78, 5) is 2.37. The van der Waals surface area contributed by atoms with Gasteiger partial charge in [-0.05, 0) is 66.8 Å². The molecule has 0 aromatic heterocycles. The van der Waals surface area contributed by atoms with E-state index in [9.17, 15) is 0 Å². The number of rotatable bonds is 7. The van der Waals surface area contributed by atoms with E-state index in [1.807, 2.05) is 6.07 Å². The van der Waals surface area contributed by atoms with Crippen molar-refractivity contribution in [3.8, 4) is 0 Å². The van der Waals surface area contributed by atoms with Gasteiger partial charge in [0.15, 0.2) is 0 Å². The van der Waals surface area contributed by atoms with Crippen molar-refractivity contribution in [1.82, 2.24) is 0 Å². The molecule has 3 aromatic rings. The average Bonchev–Trinajstić information content (AvgIpc) is 2.85. The van der Waals surface area contributed by atoms with Crippen molar-refractivity contribution < 1.29 is 0 Å². The van der Waals surface area contributed by atoms with E-state index in [-0.39, 0.29) is 0 Å². The molecule has 0 saturated carbocycles. The van der Waals surface area contributed by atoms with E-state index in [0.717, 1.165) is 12.8 Å². The topological polar surface area (TPSA) is 3.24 Å². The Labute approximate surface area is 192 Å². The number of nitrogens with zero attached hydrogens (tertiary/aromatic N) is 1. The van der Waals surface area contributed by atoms with Gasteiger partial charge in [0, 0.05) is 17.1 Å². The van der Waals surface area contributed by atoms with Gasteiger partial charge in [-0.25, -0.2) is 0 Å². The van der Waals surface area contributed by atoms with Crippen LogP contribution in [0.5, 0.6) is 0 Å². The third-order valence-corrected chi connectivity index (χ3v) is 5.48. The Balaban J connectivity index is 1.55. The summed E-state index contributed by atoms with van der Waals surface area (Å²) in [6, 6.07) is 29.8. The Morgan fingerprint density at radius 1 is 0.594 bits per heavy atom. The molecule has 4 rings (SSSR count). The summed E-state index contributed by atoms with van der Waals surface area (Å²) in [5.74, 6) is 0. The van der Waals surface area contributed by atoms with Crippen LogP contribution in [0.1, 0.15) is 30.9 Å². The van der Waals surface area contributed by atoms with Crippen molar-refractivity contribution in [1.29, 1.82) is 0 Å². The van der Waals surface area contributed by atoms with E-state index in [1.165, 1.54) is 33.8 Å². The van der Waals surface area contributed by atoms with Gasteiger partial charge < -0.3 is 4.90 Å². The third kappa shape index (κ3) is 5.65. The minimum Gasteiger partial charge on any atom is -0.314 e. The zero-order valence-corrected chi connectivity index (χ0v) is 18.6. The van der Waals surface area contributed by atoms with Crippen molar-refractivity contribution in [3.05, 3.63) is 144 Å². The lowest BCUT2D eigenvalue weighted by molar-refractivity contribution is 0.891. The highest BCUT2D eigenvalue weighted by atomic mass is 15.1. The van der Waals surface area contributed by atoms with Crippen molar-refractivity contribution in [2.24, 2.45) is 0 Å². The SMILES string of the molecule is C/C=C\C1=CC=C(N(c2ccccc2)c2ccc(/C=C/C=C/c3ccccc3)cc2)CC1. The van der Waals surface area contributed by atoms with Crippen LogP contribution in [0.2, 0.25) is 0 Å². The van der Waals surface area contributed by atoms with Gasteiger partial charge in [-0.2, -0.15) is 0 Å². The first-order chi connectivity index (χ1) is 15.8. The molecule has 1 heteroatoms. The van der Waals surface area contributed by atoms with Crippen LogP contribution in [-0.4, -0.2) is 0 Å². The summed E-state index contributed by atoms with van der Waals surface area (Å²) in [7, 11) is 0. The largest absolute Gasteiger partial charge is 0.314 e. The molecule has 1 nitrogen and oxygen atoms in total. The van der Waals surface area contributed by atoms with Crippen molar-refractivity contribution in [2.75, 3.05) is 4.90 Å². The Kier molecular flexibility index (Phi) is 7.34. The van der Waals surface area contributed by atoms with Crippen molar-refractivity contribution in [2.45, 2.75) is 19.8 Å². The maximum Gasteiger partial charge on any atom is 0.0458 e. The highest BCUT2D eigenvalue weighted by Crippen LogP contribution is 2.34. The zero-order chi connectivity index (χ0) is 22.0. The minimum absolute atomic E-state index is 1.02. The Morgan fingerprint density at radius 3 is 1.78 bits per heavy atom. The van der Waals surface area contributed by atoms with Crippen LogP contribution < -0.4 is 4.90 Å². The molecule has 3 aromatic carbocycles. The van der Waals surface area contributed by atoms with Crippen LogP contribution in [0.4, 0.5) is 11.4 Å². The first-order valence-electron chi connectivity index (χ1n) is 11.2. The highest BCUT2D eigenvalue weighted by molar-refractivity contribution is 5.70. The summed E-state index contributed by atoms with van der Waals surface area (Å²) in [6.07, 6.45) is 19.3. The van der Waals surface area contributed by atoms with Gasteiger partial charge in [-0.15, -0.1) is 0 Å². The molecule has 158 valence electrons. The molecule has 0 aliphatic heterocycles. The van der Waals surface area contributed by atoms with E-state index in [1.54, 1.807) is 0 Å². The van der Waals surface area contributed by atoms with Gasteiger partial charge >= 0.3 is 0 Å². The zero-order valence-electron chi connectivity index (χ0n) is 18.6. The van der Waals surface area contributed by atoms with Crippen LogP contribution in [0.3, 0.4) is 0 Å². The van der Waals surface area contributed by atoms with E-state index >= 15 is 0 Å². The molecule has 0 unspecified atom stereocenters. The number of benzene rings is 3. The summed E-state index contributed by atoms with van der Waals surface area (Å²) in [5, 5.41) is 0. The molecule has 0 N–H and O–H groups in total. The minimum atomic E-state index is 1.02. The standard InChI is InChI=1S/C31H29N/c1-2-11-26-18-22-30(23-19-26)32(29-16-7-4-8-17-29)31-24-20-28(21-25-31)15-10-9-14-27-12-5-3-6-13-27/h2-18,20-22,24-25H,19,23H2,1H3/b11-2-,14-9+,15-10+. The lowest BCUT2D eigenvalue weighted by Gasteiger charge is -2.29. The lowest BCUT2D eigenvalue weighted by Crippen LogP contribution is -2.17. The van der Waals surface area contributed by atoms with Crippen LogP contribution in [0.15, 0.2) is 133 Å². The van der Waals surface area contributed by atoms with Crippen LogP contribution in [0.25, 0.3) is 12.2 Å². The monoisotopic (exact) mass is 415 g/mol. The molecular weight excluding hydrogens is 386 g/mol. The van der Waals surface area contributed by atoms with Gasteiger partial charge in [0.2, 0.25) is 0 Å². The number of allylic oxidation sites excluding steroid dienone is 8. The second kappa shape index (κ2) is 11.0. The van der Waals surface area contributed by atoms with Gasteiger partial charge in [0.05, 0.1) is 0 Å². The van der Waals surface area contributed by atoms with Gasteiger partial charge in [0.1, 0.15) is 0 Å². The van der Waals surface area contributed by atoms with Crippen molar-refractivity contribution >= 4 is 23.5 Å². The van der Waals surface area contributed by atoms with Gasteiger partial charge in [-0.3, -0.25) is 0 Å².